The van der Waals surface area contributed by atoms with Crippen molar-refractivity contribution in [3.8, 4) is 0 Å². The van der Waals surface area contributed by atoms with E-state index in [0.717, 1.165) is 29.3 Å². The Morgan fingerprint density at radius 2 is 2.10 bits per heavy atom. The Kier molecular flexibility index (Phi) is 5.35. The molecule has 0 unspecified atom stereocenters. The van der Waals surface area contributed by atoms with Gasteiger partial charge in [0.2, 0.25) is 0 Å². The summed E-state index contributed by atoms with van der Waals surface area (Å²) in [5.74, 6) is -0.174. The Labute approximate surface area is 122 Å². The molecule has 20 heavy (non-hydrogen) atoms. The second-order valence-corrected chi connectivity index (χ2v) is 5.74. The number of unbranched alkanes of at least 4 members (excludes halogenated alkanes) is 2. The quantitative estimate of drug-likeness (QED) is 0.582. The van der Waals surface area contributed by atoms with Gasteiger partial charge in [0.05, 0.1) is 16.6 Å². The van der Waals surface area contributed by atoms with Crippen molar-refractivity contribution in [2.24, 2.45) is 0 Å². The van der Waals surface area contributed by atoms with Gasteiger partial charge in [-0.25, -0.2) is 0 Å². The van der Waals surface area contributed by atoms with Crippen molar-refractivity contribution in [3.05, 3.63) is 34.6 Å². The van der Waals surface area contributed by atoms with Crippen molar-refractivity contribution in [2.75, 3.05) is 6.61 Å². The molecule has 0 atom stereocenters. The molecule has 2 rings (SSSR count). The number of ether oxygens (including phenoxy) is 1. The van der Waals surface area contributed by atoms with Crippen molar-refractivity contribution < 1.29 is 9.53 Å². The van der Waals surface area contributed by atoms with E-state index in [1.54, 1.807) is 3.96 Å². The Morgan fingerprint density at radius 1 is 1.30 bits per heavy atom. The predicted molar refractivity (Wildman–Crippen MR) is 81.2 cm³/mol. The van der Waals surface area contributed by atoms with Crippen LogP contribution in [0.3, 0.4) is 0 Å². The van der Waals surface area contributed by atoms with E-state index in [1.807, 2.05) is 24.3 Å². The van der Waals surface area contributed by atoms with Gasteiger partial charge in [-0.2, -0.15) is 0 Å². The van der Waals surface area contributed by atoms with Crippen LogP contribution < -0.4 is 5.56 Å². The summed E-state index contributed by atoms with van der Waals surface area (Å²) in [4.78, 5) is 23.5. The van der Waals surface area contributed by atoms with Crippen LogP contribution in [-0.4, -0.2) is 16.5 Å². The summed E-state index contributed by atoms with van der Waals surface area (Å²) >= 11 is 1.41. The zero-order valence-corrected chi connectivity index (χ0v) is 12.4. The Hall–Kier alpha value is -1.62. The van der Waals surface area contributed by atoms with Gasteiger partial charge < -0.3 is 4.74 Å². The average Bonchev–Trinajstić information content (AvgIpc) is 2.77. The summed E-state index contributed by atoms with van der Waals surface area (Å²) in [6.07, 6.45) is 3.47. The number of fused-ring (bicyclic) bond motifs is 1. The Bertz CT molecular complexity index is 629. The van der Waals surface area contributed by atoms with E-state index in [2.05, 4.69) is 6.92 Å². The van der Waals surface area contributed by atoms with Crippen molar-refractivity contribution in [1.82, 2.24) is 3.96 Å². The normalized spacial score (nSPS) is 10.8. The third-order valence-corrected chi connectivity index (χ3v) is 4.22. The molecule has 1 aromatic heterocycles. The van der Waals surface area contributed by atoms with E-state index in [4.69, 9.17) is 4.74 Å². The third-order valence-electron chi connectivity index (χ3n) is 3.09. The molecule has 108 valence electrons. The molecule has 0 N–H and O–H groups in total. The number of carbonyl (C=O) groups is 1. The van der Waals surface area contributed by atoms with Crippen molar-refractivity contribution >= 4 is 27.6 Å². The van der Waals surface area contributed by atoms with Crippen molar-refractivity contribution in [3.63, 3.8) is 0 Å². The second kappa shape index (κ2) is 7.24. The average molecular weight is 293 g/mol. The number of hydrogen-bond acceptors (Lipinski definition) is 4. The minimum Gasteiger partial charge on any atom is -0.464 e. The number of carbonyl (C=O) groups excluding carboxylic acids is 1. The van der Waals surface area contributed by atoms with Gasteiger partial charge in [-0.3, -0.25) is 13.5 Å². The minimum absolute atomic E-state index is 0.00682. The predicted octanol–water partition coefficient (Wildman–Crippen LogP) is 3.19. The van der Waals surface area contributed by atoms with Crippen LogP contribution in [0, 0.1) is 0 Å². The van der Waals surface area contributed by atoms with Gasteiger partial charge in [-0.1, -0.05) is 43.4 Å². The number of esters is 1. The van der Waals surface area contributed by atoms with Crippen LogP contribution in [0.4, 0.5) is 0 Å². The third kappa shape index (κ3) is 3.70. The van der Waals surface area contributed by atoms with E-state index in [1.165, 1.54) is 11.5 Å². The van der Waals surface area contributed by atoms with E-state index in [0.29, 0.717) is 13.0 Å². The first kappa shape index (κ1) is 14.8. The molecule has 0 radical (unpaired) electrons. The number of rotatable bonds is 7. The van der Waals surface area contributed by atoms with Gasteiger partial charge in [0.1, 0.15) is 6.61 Å². The summed E-state index contributed by atoms with van der Waals surface area (Å²) in [7, 11) is 0. The van der Waals surface area contributed by atoms with E-state index in [-0.39, 0.29) is 18.1 Å². The molecule has 0 fully saturated rings. The van der Waals surface area contributed by atoms with Crippen LogP contribution in [0.15, 0.2) is 29.1 Å². The fourth-order valence-corrected chi connectivity index (χ4v) is 2.98. The van der Waals surface area contributed by atoms with Gasteiger partial charge in [0.25, 0.3) is 5.56 Å². The lowest BCUT2D eigenvalue weighted by Gasteiger charge is -2.04. The molecule has 0 saturated heterocycles. The summed E-state index contributed by atoms with van der Waals surface area (Å²) in [5.41, 5.74) is -0.00682. The smallest absolute Gasteiger partial charge is 0.305 e. The number of benzene rings is 1. The second-order valence-electron chi connectivity index (χ2n) is 4.67. The summed E-state index contributed by atoms with van der Waals surface area (Å²) in [5, 5.41) is 0.728. The maximum atomic E-state index is 12.0. The summed E-state index contributed by atoms with van der Waals surface area (Å²) < 4.78 is 7.76. The molecule has 2 aromatic rings. The van der Waals surface area contributed by atoms with Crippen LogP contribution in [-0.2, 0) is 16.1 Å². The zero-order valence-electron chi connectivity index (χ0n) is 11.6. The molecule has 0 bridgehead atoms. The van der Waals surface area contributed by atoms with Gasteiger partial charge in [-0.05, 0) is 18.6 Å². The van der Waals surface area contributed by atoms with Gasteiger partial charge in [0.15, 0.2) is 0 Å². The molecular formula is C15H19NO3S. The largest absolute Gasteiger partial charge is 0.464 e. The van der Waals surface area contributed by atoms with Crippen molar-refractivity contribution in [1.29, 1.82) is 0 Å². The fourth-order valence-electron chi connectivity index (χ4n) is 2.00. The minimum atomic E-state index is -0.174. The van der Waals surface area contributed by atoms with Crippen LogP contribution in [0.2, 0.25) is 0 Å². The topological polar surface area (TPSA) is 48.3 Å². The molecule has 5 heteroatoms. The molecule has 0 aliphatic rings. The highest BCUT2D eigenvalue weighted by atomic mass is 32.1. The lowest BCUT2D eigenvalue weighted by atomic mass is 10.2. The van der Waals surface area contributed by atoms with Crippen LogP contribution in [0.25, 0.3) is 10.1 Å². The lowest BCUT2D eigenvalue weighted by Crippen LogP contribution is -2.17. The molecule has 0 aliphatic heterocycles. The molecule has 0 spiro atoms. The van der Waals surface area contributed by atoms with E-state index < -0.39 is 0 Å². The monoisotopic (exact) mass is 293 g/mol. The molecule has 1 heterocycles. The van der Waals surface area contributed by atoms with Crippen LogP contribution >= 0.6 is 11.5 Å². The molecule has 1 aromatic carbocycles. The highest BCUT2D eigenvalue weighted by Crippen LogP contribution is 2.15. The Balaban J connectivity index is 1.85. The lowest BCUT2D eigenvalue weighted by molar-refractivity contribution is -0.144. The fraction of sp³-hybridized carbons (Fsp3) is 0.467. The molecule has 0 saturated carbocycles. The highest BCUT2D eigenvalue weighted by molar-refractivity contribution is 7.13. The number of hydrogen-bond donors (Lipinski definition) is 0. The van der Waals surface area contributed by atoms with E-state index in [9.17, 15) is 9.59 Å². The van der Waals surface area contributed by atoms with Gasteiger partial charge >= 0.3 is 5.97 Å². The SMILES string of the molecule is CCCCCC(=O)OCCn1sc2ccccc2c1=O. The van der Waals surface area contributed by atoms with Gasteiger partial charge in [-0.15, -0.1) is 0 Å². The molecule has 0 aliphatic carbocycles. The Morgan fingerprint density at radius 3 is 2.85 bits per heavy atom. The van der Waals surface area contributed by atoms with Crippen LogP contribution in [0.5, 0.6) is 0 Å². The molecular weight excluding hydrogens is 274 g/mol. The first-order chi connectivity index (χ1) is 9.72. The summed E-state index contributed by atoms with van der Waals surface area (Å²) in [6, 6.07) is 7.51. The maximum absolute atomic E-state index is 12.0. The standard InChI is InChI=1S/C15H19NO3S/c1-2-3-4-9-14(17)19-11-10-16-15(18)12-7-5-6-8-13(12)20-16/h5-8H,2-4,9-11H2,1H3. The van der Waals surface area contributed by atoms with E-state index >= 15 is 0 Å². The zero-order chi connectivity index (χ0) is 14.4. The molecule has 4 nitrogen and oxygen atoms in total. The first-order valence-corrected chi connectivity index (χ1v) is 7.74. The molecule has 0 amide bonds. The highest BCUT2D eigenvalue weighted by Gasteiger charge is 2.07. The number of nitrogens with zero attached hydrogens (tertiary/aromatic N) is 1. The maximum Gasteiger partial charge on any atom is 0.305 e. The summed E-state index contributed by atoms with van der Waals surface area (Å²) in [6.45, 7) is 2.79. The van der Waals surface area contributed by atoms with Gasteiger partial charge in [0, 0.05) is 6.42 Å². The van der Waals surface area contributed by atoms with Crippen LogP contribution in [0.1, 0.15) is 32.6 Å². The number of aromatic nitrogens is 1. The van der Waals surface area contributed by atoms with Crippen molar-refractivity contribution in [2.45, 2.75) is 39.2 Å². The first-order valence-electron chi connectivity index (χ1n) is 6.97.